The van der Waals surface area contributed by atoms with E-state index < -0.39 is 10.0 Å². The molecule has 6 nitrogen and oxygen atoms in total. The van der Waals surface area contributed by atoms with E-state index in [1.165, 1.54) is 13.1 Å². The van der Waals surface area contributed by atoms with Crippen molar-refractivity contribution < 1.29 is 13.2 Å². The third-order valence-corrected chi connectivity index (χ3v) is 5.96. The van der Waals surface area contributed by atoms with Crippen LogP contribution in [0.1, 0.15) is 32.3 Å². The third-order valence-electron chi connectivity index (χ3n) is 4.40. The molecule has 3 N–H and O–H groups in total. The molecule has 1 heterocycles. The molecule has 0 aliphatic carbocycles. The van der Waals surface area contributed by atoms with E-state index in [-0.39, 0.29) is 22.3 Å². The van der Waals surface area contributed by atoms with Gasteiger partial charge in [0.25, 0.3) is 0 Å². The van der Waals surface area contributed by atoms with E-state index >= 15 is 0 Å². The maximum atomic E-state index is 12.6. The van der Waals surface area contributed by atoms with Gasteiger partial charge in [-0.1, -0.05) is 19.9 Å². The van der Waals surface area contributed by atoms with Crippen molar-refractivity contribution >= 4 is 21.6 Å². The molecular formula is C16H25N3O3S. The summed E-state index contributed by atoms with van der Waals surface area (Å²) in [5.41, 5.74) is 0.985. The number of piperidine rings is 1. The first-order valence-corrected chi connectivity index (χ1v) is 9.24. The molecule has 23 heavy (non-hydrogen) atoms. The molecule has 1 aromatic carbocycles. The molecule has 0 aromatic heterocycles. The summed E-state index contributed by atoms with van der Waals surface area (Å²) in [5.74, 6) is -0.133. The average Bonchev–Trinajstić information content (AvgIpc) is 2.48. The van der Waals surface area contributed by atoms with Crippen LogP contribution in [0.5, 0.6) is 0 Å². The van der Waals surface area contributed by atoms with Crippen molar-refractivity contribution in [2.24, 2.45) is 5.41 Å². The van der Waals surface area contributed by atoms with E-state index in [4.69, 9.17) is 0 Å². The standard InChI is InChI=1S/C16H25N3O3S/c1-11-6-7-12(10-13(11)23(21,22)17-4)19-15(20)14-16(2,3)8-5-9-18-14/h6-7,10,14,17-18H,5,8-9H2,1-4H3,(H,19,20). The van der Waals surface area contributed by atoms with Crippen LogP contribution >= 0.6 is 0 Å². The van der Waals surface area contributed by atoms with Crippen molar-refractivity contribution in [3.63, 3.8) is 0 Å². The SMILES string of the molecule is CNS(=O)(=O)c1cc(NC(=O)C2NCCCC2(C)C)ccc1C. The highest BCUT2D eigenvalue weighted by molar-refractivity contribution is 7.89. The molecule has 2 rings (SSSR count). The number of benzene rings is 1. The van der Waals surface area contributed by atoms with E-state index in [2.05, 4.69) is 29.2 Å². The van der Waals surface area contributed by atoms with Crippen molar-refractivity contribution in [2.75, 3.05) is 18.9 Å². The maximum Gasteiger partial charge on any atom is 0.242 e. The highest BCUT2D eigenvalue weighted by atomic mass is 32.2. The van der Waals surface area contributed by atoms with Crippen molar-refractivity contribution in [3.8, 4) is 0 Å². The first-order valence-electron chi connectivity index (χ1n) is 7.76. The van der Waals surface area contributed by atoms with Crippen LogP contribution in [0.25, 0.3) is 0 Å². The first kappa shape index (κ1) is 17.9. The minimum Gasteiger partial charge on any atom is -0.325 e. The van der Waals surface area contributed by atoms with Crippen LogP contribution in [0.2, 0.25) is 0 Å². The fourth-order valence-corrected chi connectivity index (χ4v) is 3.94. The van der Waals surface area contributed by atoms with Gasteiger partial charge in [-0.3, -0.25) is 4.79 Å². The number of sulfonamides is 1. The minimum atomic E-state index is -3.55. The molecule has 7 heteroatoms. The maximum absolute atomic E-state index is 12.6. The molecule has 1 aliphatic heterocycles. The number of carbonyl (C=O) groups is 1. The minimum absolute atomic E-state index is 0.132. The summed E-state index contributed by atoms with van der Waals surface area (Å²) in [4.78, 5) is 12.7. The molecule has 0 radical (unpaired) electrons. The van der Waals surface area contributed by atoms with Gasteiger partial charge in [0.1, 0.15) is 0 Å². The second-order valence-corrected chi connectivity index (χ2v) is 8.51. The van der Waals surface area contributed by atoms with E-state index in [9.17, 15) is 13.2 Å². The van der Waals surface area contributed by atoms with E-state index in [1.54, 1.807) is 19.1 Å². The van der Waals surface area contributed by atoms with Gasteiger partial charge in [-0.25, -0.2) is 13.1 Å². The van der Waals surface area contributed by atoms with Gasteiger partial charge in [-0.05, 0) is 56.5 Å². The Labute approximate surface area is 138 Å². The predicted molar refractivity (Wildman–Crippen MR) is 90.9 cm³/mol. The predicted octanol–water partition coefficient (Wildman–Crippen LogP) is 1.62. The Bertz CT molecular complexity index is 699. The quantitative estimate of drug-likeness (QED) is 0.778. The fraction of sp³-hybridized carbons (Fsp3) is 0.562. The Morgan fingerprint density at radius 2 is 2.04 bits per heavy atom. The summed E-state index contributed by atoms with van der Waals surface area (Å²) >= 11 is 0. The lowest BCUT2D eigenvalue weighted by Gasteiger charge is -2.38. The van der Waals surface area contributed by atoms with Crippen LogP contribution in [-0.4, -0.2) is 34.0 Å². The molecule has 0 saturated carbocycles. The molecule has 0 spiro atoms. The summed E-state index contributed by atoms with van der Waals surface area (Å²) in [6.45, 7) is 6.67. The molecule has 1 fully saturated rings. The molecule has 1 aliphatic rings. The number of amides is 1. The zero-order valence-electron chi connectivity index (χ0n) is 14.1. The Kier molecular flexibility index (Phi) is 5.13. The lowest BCUT2D eigenvalue weighted by Crippen LogP contribution is -2.53. The summed E-state index contributed by atoms with van der Waals surface area (Å²) in [6.07, 6.45) is 2.03. The number of hydrogen-bond acceptors (Lipinski definition) is 4. The van der Waals surface area contributed by atoms with Gasteiger partial charge in [-0.2, -0.15) is 0 Å². The van der Waals surface area contributed by atoms with Crippen LogP contribution in [0, 0.1) is 12.3 Å². The van der Waals surface area contributed by atoms with Crippen molar-refractivity contribution in [1.82, 2.24) is 10.0 Å². The van der Waals surface area contributed by atoms with Crippen molar-refractivity contribution in [2.45, 2.75) is 44.6 Å². The molecule has 1 saturated heterocycles. The molecular weight excluding hydrogens is 314 g/mol. The number of nitrogens with one attached hydrogen (secondary N) is 3. The van der Waals surface area contributed by atoms with Crippen LogP contribution in [0.3, 0.4) is 0 Å². The zero-order valence-corrected chi connectivity index (χ0v) is 14.9. The molecule has 0 bridgehead atoms. The van der Waals surface area contributed by atoms with Crippen LogP contribution in [0.15, 0.2) is 23.1 Å². The largest absolute Gasteiger partial charge is 0.325 e. The molecule has 1 aromatic rings. The highest BCUT2D eigenvalue weighted by Gasteiger charge is 2.37. The molecule has 1 amide bonds. The number of rotatable bonds is 4. The number of aryl methyl sites for hydroxylation is 1. The Hall–Kier alpha value is -1.44. The topological polar surface area (TPSA) is 87.3 Å². The van der Waals surface area contributed by atoms with Gasteiger partial charge in [0.2, 0.25) is 15.9 Å². The van der Waals surface area contributed by atoms with Gasteiger partial charge in [0.15, 0.2) is 0 Å². The monoisotopic (exact) mass is 339 g/mol. The van der Waals surface area contributed by atoms with Gasteiger partial charge in [0, 0.05) is 5.69 Å². The second-order valence-electron chi connectivity index (χ2n) is 6.66. The van der Waals surface area contributed by atoms with Gasteiger partial charge < -0.3 is 10.6 Å². The fourth-order valence-electron chi connectivity index (χ4n) is 2.95. The second kappa shape index (κ2) is 6.59. The van der Waals surface area contributed by atoms with Crippen molar-refractivity contribution in [1.29, 1.82) is 0 Å². The summed E-state index contributed by atoms with van der Waals surface area (Å²) in [7, 11) is -2.18. The van der Waals surface area contributed by atoms with Gasteiger partial charge in [0.05, 0.1) is 10.9 Å². The van der Waals surface area contributed by atoms with E-state index in [0.29, 0.717) is 11.3 Å². The lowest BCUT2D eigenvalue weighted by atomic mass is 9.77. The Morgan fingerprint density at radius 3 is 2.65 bits per heavy atom. The Morgan fingerprint density at radius 1 is 1.35 bits per heavy atom. The smallest absolute Gasteiger partial charge is 0.242 e. The lowest BCUT2D eigenvalue weighted by molar-refractivity contribution is -0.121. The van der Waals surface area contributed by atoms with Crippen LogP contribution in [0.4, 0.5) is 5.69 Å². The number of carbonyl (C=O) groups excluding carboxylic acids is 1. The van der Waals surface area contributed by atoms with Crippen LogP contribution in [-0.2, 0) is 14.8 Å². The van der Waals surface area contributed by atoms with E-state index in [0.717, 1.165) is 19.4 Å². The number of hydrogen-bond donors (Lipinski definition) is 3. The summed E-state index contributed by atoms with van der Waals surface area (Å²) in [6, 6.07) is 4.62. The Balaban J connectivity index is 2.24. The molecule has 128 valence electrons. The normalized spacial score (nSPS) is 21.0. The van der Waals surface area contributed by atoms with Gasteiger partial charge in [-0.15, -0.1) is 0 Å². The molecule has 1 atom stereocenters. The van der Waals surface area contributed by atoms with Crippen LogP contribution < -0.4 is 15.4 Å². The van der Waals surface area contributed by atoms with Crippen molar-refractivity contribution in [3.05, 3.63) is 23.8 Å². The zero-order chi connectivity index (χ0) is 17.3. The van der Waals surface area contributed by atoms with E-state index in [1.807, 2.05) is 0 Å². The third kappa shape index (κ3) is 3.91. The highest BCUT2D eigenvalue weighted by Crippen LogP contribution is 2.31. The first-order chi connectivity index (χ1) is 10.7. The van der Waals surface area contributed by atoms with Gasteiger partial charge >= 0.3 is 0 Å². The molecule has 1 unspecified atom stereocenters. The summed E-state index contributed by atoms with van der Waals surface area (Å²) < 4.78 is 26.4. The summed E-state index contributed by atoms with van der Waals surface area (Å²) in [5, 5.41) is 6.09. The number of anilines is 1. The average molecular weight is 339 g/mol.